The first kappa shape index (κ1) is 21.8. The molecule has 33 heavy (non-hydrogen) atoms. The molecule has 0 radical (unpaired) electrons. The zero-order valence-electron chi connectivity index (χ0n) is 17.9. The normalized spacial score (nSPS) is 18.3. The number of nitrogens with one attached hydrogen (secondary N) is 1. The first-order valence-electron chi connectivity index (χ1n) is 10.7. The van der Waals surface area contributed by atoms with Crippen LogP contribution in [-0.2, 0) is 16.1 Å². The van der Waals surface area contributed by atoms with E-state index in [1.54, 1.807) is 47.5 Å². The van der Waals surface area contributed by atoms with Crippen LogP contribution in [0.5, 0.6) is 5.75 Å². The number of benzene rings is 2. The second-order valence-electron chi connectivity index (χ2n) is 7.87. The van der Waals surface area contributed by atoms with Gasteiger partial charge in [0.05, 0.1) is 23.8 Å². The van der Waals surface area contributed by atoms with Crippen LogP contribution in [0.4, 0.5) is 5.69 Å². The highest BCUT2D eigenvalue weighted by Gasteiger charge is 2.39. The number of fused-ring (bicyclic) bond motifs is 5. The van der Waals surface area contributed by atoms with Gasteiger partial charge in [0, 0.05) is 33.7 Å². The van der Waals surface area contributed by atoms with Gasteiger partial charge in [-0.25, -0.2) is 4.79 Å². The fourth-order valence-corrected chi connectivity index (χ4v) is 6.93. The lowest BCUT2D eigenvalue weighted by Gasteiger charge is -2.36. The van der Waals surface area contributed by atoms with Crippen molar-refractivity contribution in [2.45, 2.75) is 24.4 Å². The van der Waals surface area contributed by atoms with E-state index in [1.807, 2.05) is 18.2 Å². The van der Waals surface area contributed by atoms with Crippen LogP contribution in [0.15, 0.2) is 58.4 Å². The molecular formula is C24H22N2O5S2. The molecule has 3 heterocycles. The number of thiazole rings is 1. The number of ether oxygens (including phenoxy) is 2. The summed E-state index contributed by atoms with van der Waals surface area (Å²) < 4.78 is 12.5. The van der Waals surface area contributed by atoms with E-state index in [9.17, 15) is 14.4 Å². The second kappa shape index (κ2) is 9.07. The maximum absolute atomic E-state index is 12.9. The van der Waals surface area contributed by atoms with Crippen molar-refractivity contribution >= 4 is 40.7 Å². The van der Waals surface area contributed by atoms with E-state index in [-0.39, 0.29) is 23.2 Å². The van der Waals surface area contributed by atoms with Crippen LogP contribution in [0.1, 0.15) is 33.6 Å². The molecule has 0 bridgehead atoms. The van der Waals surface area contributed by atoms with E-state index >= 15 is 0 Å². The Morgan fingerprint density at radius 1 is 1.18 bits per heavy atom. The molecule has 170 valence electrons. The Balaban J connectivity index is 1.35. The van der Waals surface area contributed by atoms with Crippen LogP contribution >= 0.6 is 23.1 Å². The van der Waals surface area contributed by atoms with Gasteiger partial charge in [0.1, 0.15) is 12.3 Å². The van der Waals surface area contributed by atoms with E-state index in [0.29, 0.717) is 30.4 Å². The summed E-state index contributed by atoms with van der Waals surface area (Å²) in [5, 5.41) is 3.68. The van der Waals surface area contributed by atoms with Crippen LogP contribution in [-0.4, -0.2) is 35.4 Å². The molecule has 2 aliphatic heterocycles. The molecule has 0 saturated heterocycles. The van der Waals surface area contributed by atoms with Gasteiger partial charge < -0.3 is 14.8 Å². The predicted octanol–water partition coefficient (Wildman–Crippen LogP) is 3.97. The number of carbonyl (C=O) groups is 2. The van der Waals surface area contributed by atoms with Crippen LogP contribution in [0.3, 0.4) is 0 Å². The Labute approximate surface area is 198 Å². The zero-order valence-corrected chi connectivity index (χ0v) is 19.5. The molecule has 0 fully saturated rings. The molecule has 1 N–H and O–H groups in total. The highest BCUT2D eigenvalue weighted by molar-refractivity contribution is 7.99. The number of amides is 1. The minimum Gasteiger partial charge on any atom is -0.493 e. The standard InChI is InChI=1S/C24H22N2O5S2/c1-2-30-23(28)14-7-9-16(10-8-14)25-19(27)11-26-22-21(33-24(26)29)20-15(13-32-22)12-31-18-6-4-3-5-17(18)20/h3-10,15,20H,2,11-13H2,1H3,(H,25,27)/t15-,20-/m0/s1. The summed E-state index contributed by atoms with van der Waals surface area (Å²) in [6, 6.07) is 14.5. The van der Waals surface area contributed by atoms with Crippen LogP contribution in [0, 0.1) is 5.92 Å². The highest BCUT2D eigenvalue weighted by Crippen LogP contribution is 2.50. The largest absolute Gasteiger partial charge is 0.493 e. The van der Waals surface area contributed by atoms with Crippen molar-refractivity contribution in [1.82, 2.24) is 4.57 Å². The Morgan fingerprint density at radius 2 is 1.97 bits per heavy atom. The molecule has 5 rings (SSSR count). The van der Waals surface area contributed by atoms with Gasteiger partial charge in [-0.2, -0.15) is 0 Å². The first-order valence-corrected chi connectivity index (χ1v) is 12.5. The molecule has 1 amide bonds. The first-order chi connectivity index (χ1) is 16.0. The summed E-state index contributed by atoms with van der Waals surface area (Å²) in [5.41, 5.74) is 2.08. The second-order valence-corrected chi connectivity index (χ2v) is 9.87. The number of hydrogen-bond donors (Lipinski definition) is 1. The van der Waals surface area contributed by atoms with Gasteiger partial charge in [0.2, 0.25) is 5.91 Å². The maximum atomic E-state index is 12.9. The predicted molar refractivity (Wildman–Crippen MR) is 128 cm³/mol. The van der Waals surface area contributed by atoms with Gasteiger partial charge in [0.15, 0.2) is 0 Å². The van der Waals surface area contributed by atoms with Crippen LogP contribution < -0.4 is 14.9 Å². The van der Waals surface area contributed by atoms with E-state index < -0.39 is 5.97 Å². The number of nitrogens with zero attached hydrogens (tertiary/aromatic N) is 1. The Morgan fingerprint density at radius 3 is 2.76 bits per heavy atom. The van der Waals surface area contributed by atoms with Gasteiger partial charge in [0.25, 0.3) is 0 Å². The summed E-state index contributed by atoms with van der Waals surface area (Å²) in [5.74, 6) is 1.42. The van der Waals surface area contributed by atoms with Crippen molar-refractivity contribution in [2.75, 3.05) is 24.3 Å². The number of hydrogen-bond acceptors (Lipinski definition) is 7. The monoisotopic (exact) mass is 482 g/mol. The quantitative estimate of drug-likeness (QED) is 0.554. The van der Waals surface area contributed by atoms with Gasteiger partial charge in [-0.3, -0.25) is 14.2 Å². The van der Waals surface area contributed by atoms with Crippen molar-refractivity contribution in [3.63, 3.8) is 0 Å². The number of rotatable bonds is 5. The highest BCUT2D eigenvalue weighted by atomic mass is 32.2. The van der Waals surface area contributed by atoms with Crippen molar-refractivity contribution in [2.24, 2.45) is 5.92 Å². The van der Waals surface area contributed by atoms with Crippen molar-refractivity contribution in [1.29, 1.82) is 0 Å². The summed E-state index contributed by atoms with van der Waals surface area (Å²) in [6.07, 6.45) is 0. The molecular weight excluding hydrogens is 460 g/mol. The summed E-state index contributed by atoms with van der Waals surface area (Å²) in [6.45, 7) is 2.61. The van der Waals surface area contributed by atoms with E-state index in [0.717, 1.165) is 27.0 Å². The van der Waals surface area contributed by atoms with Crippen LogP contribution in [0.2, 0.25) is 0 Å². The summed E-state index contributed by atoms with van der Waals surface area (Å²) in [7, 11) is 0. The lowest BCUT2D eigenvalue weighted by Crippen LogP contribution is -2.31. The number of esters is 1. The Bertz CT molecular complexity index is 1260. The fourth-order valence-electron chi connectivity index (χ4n) is 4.24. The van der Waals surface area contributed by atoms with E-state index in [1.165, 1.54) is 11.3 Å². The topological polar surface area (TPSA) is 86.6 Å². The molecule has 2 aliphatic rings. The number of thioether (sulfide) groups is 1. The van der Waals surface area contributed by atoms with Gasteiger partial charge >= 0.3 is 10.8 Å². The van der Waals surface area contributed by atoms with Crippen molar-refractivity contribution in [3.8, 4) is 5.75 Å². The molecule has 0 unspecified atom stereocenters. The average molecular weight is 483 g/mol. The fraction of sp³-hybridized carbons (Fsp3) is 0.292. The van der Waals surface area contributed by atoms with Gasteiger partial charge in [-0.05, 0) is 37.3 Å². The smallest absolute Gasteiger partial charge is 0.338 e. The molecule has 1 aromatic heterocycles. The maximum Gasteiger partial charge on any atom is 0.338 e. The number of aromatic nitrogens is 1. The third-order valence-electron chi connectivity index (χ3n) is 5.75. The molecule has 9 heteroatoms. The van der Waals surface area contributed by atoms with Crippen molar-refractivity contribution in [3.05, 3.63) is 74.2 Å². The molecule has 0 saturated carbocycles. The number of anilines is 1. The molecule has 0 aliphatic carbocycles. The lowest BCUT2D eigenvalue weighted by atomic mass is 9.84. The van der Waals surface area contributed by atoms with Crippen LogP contribution in [0.25, 0.3) is 0 Å². The molecule has 3 aromatic rings. The zero-order chi connectivity index (χ0) is 22.9. The van der Waals surface area contributed by atoms with Crippen molar-refractivity contribution < 1.29 is 19.1 Å². The average Bonchev–Trinajstić information content (AvgIpc) is 3.14. The third kappa shape index (κ3) is 4.18. The van der Waals surface area contributed by atoms with Gasteiger partial charge in [-0.15, -0.1) is 11.8 Å². The number of para-hydroxylation sites is 1. The molecule has 0 spiro atoms. The molecule has 2 aromatic carbocycles. The molecule has 7 nitrogen and oxygen atoms in total. The van der Waals surface area contributed by atoms with E-state index in [4.69, 9.17) is 9.47 Å². The molecule has 2 atom stereocenters. The summed E-state index contributed by atoms with van der Waals surface area (Å²) in [4.78, 5) is 38.3. The minimum atomic E-state index is -0.406. The SMILES string of the molecule is CCOC(=O)c1ccc(NC(=O)Cn2c3c(sc2=O)[C@@H]2c4ccccc4OC[C@H]2CS3)cc1. The third-order valence-corrected chi connectivity index (χ3v) is 8.25. The minimum absolute atomic E-state index is 0.0627. The van der Waals surface area contributed by atoms with E-state index in [2.05, 4.69) is 11.4 Å². The lowest BCUT2D eigenvalue weighted by molar-refractivity contribution is -0.116. The van der Waals surface area contributed by atoms with Gasteiger partial charge in [-0.1, -0.05) is 29.5 Å². The number of carbonyl (C=O) groups excluding carboxylic acids is 2. The Kier molecular flexibility index (Phi) is 5.99. The summed E-state index contributed by atoms with van der Waals surface area (Å²) >= 11 is 2.84. The Hall–Kier alpha value is -3.04.